The summed E-state index contributed by atoms with van der Waals surface area (Å²) >= 11 is 0. The van der Waals surface area contributed by atoms with Crippen molar-refractivity contribution in [2.24, 2.45) is 0 Å². The zero-order valence-corrected chi connectivity index (χ0v) is 18.1. The minimum Gasteiger partial charge on any atom is -0.494 e. The summed E-state index contributed by atoms with van der Waals surface area (Å²) in [6.07, 6.45) is 3.33. The molecule has 1 aliphatic rings. The number of hydrogen-bond donors (Lipinski definition) is 0. The van der Waals surface area contributed by atoms with E-state index >= 15 is 0 Å². The summed E-state index contributed by atoms with van der Waals surface area (Å²) in [5.41, 5.74) is 2.77. The average molecular weight is 398 g/mol. The highest BCUT2D eigenvalue weighted by Gasteiger charge is 2.24. The molecule has 1 saturated heterocycles. The maximum atomic E-state index is 12.8. The van der Waals surface area contributed by atoms with Gasteiger partial charge in [0.2, 0.25) is 0 Å². The minimum atomic E-state index is -0.0216. The van der Waals surface area contributed by atoms with Gasteiger partial charge in [-0.15, -0.1) is 0 Å². The molecular weight excluding hydrogens is 362 g/mol. The molecule has 2 aromatic rings. The molecule has 5 heteroatoms. The summed E-state index contributed by atoms with van der Waals surface area (Å²) in [6.45, 7) is 4.97. The Labute approximate surface area is 176 Å². The van der Waals surface area contributed by atoms with Gasteiger partial charge in [0.1, 0.15) is 5.75 Å². The van der Waals surface area contributed by atoms with Gasteiger partial charge in [0.25, 0.3) is 5.91 Å². The van der Waals surface area contributed by atoms with Crippen molar-refractivity contribution < 1.29 is 11.0 Å². The lowest BCUT2D eigenvalue weighted by Crippen LogP contribution is -2.31. The molecule has 1 amide bonds. The number of anilines is 2. The molecule has 0 radical (unpaired) electrons. The maximum absolute atomic E-state index is 12.8. The molecule has 3 rings (SSSR count). The highest BCUT2D eigenvalue weighted by Crippen LogP contribution is 2.25. The number of nitrogens with zero attached hydrogens (tertiary/aromatic N) is 3. The predicted molar refractivity (Wildman–Crippen MR) is 122 cm³/mol. The molecule has 0 aliphatic carbocycles. The van der Waals surface area contributed by atoms with Crippen molar-refractivity contribution >= 4 is 17.3 Å². The number of unbranched alkanes of at least 4 members (excludes halogenated alkanes) is 1. The van der Waals surface area contributed by atoms with Gasteiger partial charge < -0.3 is 19.4 Å². The number of carbonyl (C=O) groups excluding carboxylic acids is 1. The molecule has 1 heterocycles. The van der Waals surface area contributed by atoms with E-state index < -0.39 is 0 Å². The standard InChI is InChI=1S/C24H33N3O2.H2/c1-5-6-17-29-23-13-7-19(8-14-23)24(28)26(4)20-9-11-21(12-10-20)27-16-15-22(18-27)25(2)3;/h7-14,22H,5-6,15-18H2,1-4H3;1H. The van der Waals surface area contributed by atoms with E-state index in [9.17, 15) is 4.79 Å². The number of likely N-dealkylation sites (N-methyl/N-ethyl adjacent to an activating group) is 1. The lowest BCUT2D eigenvalue weighted by Gasteiger charge is -2.23. The van der Waals surface area contributed by atoms with E-state index in [0.717, 1.165) is 37.4 Å². The van der Waals surface area contributed by atoms with Crippen LogP contribution in [-0.2, 0) is 0 Å². The summed E-state index contributed by atoms with van der Waals surface area (Å²) in [6, 6.07) is 16.3. The van der Waals surface area contributed by atoms with Crippen molar-refractivity contribution in [2.45, 2.75) is 32.2 Å². The van der Waals surface area contributed by atoms with Crippen LogP contribution in [0.4, 0.5) is 11.4 Å². The molecule has 1 aliphatic heterocycles. The van der Waals surface area contributed by atoms with E-state index in [0.29, 0.717) is 18.2 Å². The molecule has 2 aromatic carbocycles. The Morgan fingerprint density at radius 1 is 1.10 bits per heavy atom. The number of ether oxygens (including phenoxy) is 1. The second-order valence-corrected chi connectivity index (χ2v) is 7.96. The van der Waals surface area contributed by atoms with E-state index in [-0.39, 0.29) is 7.33 Å². The van der Waals surface area contributed by atoms with E-state index in [1.807, 2.05) is 43.4 Å². The van der Waals surface area contributed by atoms with Crippen molar-refractivity contribution in [3.63, 3.8) is 0 Å². The third kappa shape index (κ3) is 5.30. The van der Waals surface area contributed by atoms with E-state index in [4.69, 9.17) is 4.74 Å². The number of benzene rings is 2. The van der Waals surface area contributed by atoms with Crippen molar-refractivity contribution in [3.8, 4) is 5.75 Å². The Morgan fingerprint density at radius 2 is 1.79 bits per heavy atom. The predicted octanol–water partition coefficient (Wildman–Crippen LogP) is 4.53. The van der Waals surface area contributed by atoms with Gasteiger partial charge in [-0.3, -0.25) is 4.79 Å². The molecule has 0 aromatic heterocycles. The molecule has 1 unspecified atom stereocenters. The molecule has 29 heavy (non-hydrogen) atoms. The van der Waals surface area contributed by atoms with Gasteiger partial charge in [0, 0.05) is 44.5 Å². The monoisotopic (exact) mass is 397 g/mol. The smallest absolute Gasteiger partial charge is 0.258 e. The van der Waals surface area contributed by atoms with Gasteiger partial charge in [-0.05, 0) is 75.5 Å². The van der Waals surface area contributed by atoms with Gasteiger partial charge in [-0.25, -0.2) is 0 Å². The average Bonchev–Trinajstić information content (AvgIpc) is 3.24. The van der Waals surface area contributed by atoms with Crippen LogP contribution in [0.25, 0.3) is 0 Å². The molecule has 0 spiro atoms. The number of carbonyl (C=O) groups is 1. The molecule has 0 saturated carbocycles. The number of rotatable bonds is 8. The first kappa shape index (κ1) is 21.2. The van der Waals surface area contributed by atoms with Crippen molar-refractivity contribution in [3.05, 3.63) is 54.1 Å². The van der Waals surface area contributed by atoms with E-state index in [1.165, 1.54) is 12.1 Å². The fourth-order valence-electron chi connectivity index (χ4n) is 3.62. The fraction of sp³-hybridized carbons (Fsp3) is 0.458. The molecular formula is C24H35N3O2. The quantitative estimate of drug-likeness (QED) is 0.613. The molecule has 0 N–H and O–H groups in total. The Hall–Kier alpha value is -2.53. The van der Waals surface area contributed by atoms with Crippen LogP contribution in [0.2, 0.25) is 0 Å². The van der Waals surface area contributed by atoms with Crippen molar-refractivity contribution in [2.75, 3.05) is 50.6 Å². The summed E-state index contributed by atoms with van der Waals surface area (Å²) < 4.78 is 5.68. The summed E-state index contributed by atoms with van der Waals surface area (Å²) in [4.78, 5) is 19.2. The topological polar surface area (TPSA) is 36.0 Å². The third-order valence-electron chi connectivity index (χ3n) is 5.67. The van der Waals surface area contributed by atoms with Crippen LogP contribution in [0.3, 0.4) is 0 Å². The Balaban J connectivity index is 0.00000320. The summed E-state index contributed by atoms with van der Waals surface area (Å²) in [5, 5.41) is 0. The van der Waals surface area contributed by atoms with Gasteiger partial charge >= 0.3 is 0 Å². The van der Waals surface area contributed by atoms with Crippen LogP contribution < -0.4 is 14.5 Å². The molecule has 5 nitrogen and oxygen atoms in total. The lowest BCUT2D eigenvalue weighted by atomic mass is 10.1. The van der Waals surface area contributed by atoms with E-state index in [2.05, 4.69) is 43.0 Å². The van der Waals surface area contributed by atoms with Crippen LogP contribution in [-0.4, -0.2) is 57.7 Å². The Kier molecular flexibility index (Phi) is 7.15. The third-order valence-corrected chi connectivity index (χ3v) is 5.67. The van der Waals surface area contributed by atoms with Gasteiger partial charge in [0.05, 0.1) is 6.61 Å². The van der Waals surface area contributed by atoms with Crippen molar-refractivity contribution in [1.82, 2.24) is 4.90 Å². The lowest BCUT2D eigenvalue weighted by molar-refractivity contribution is 0.0993. The second kappa shape index (κ2) is 9.79. The van der Waals surface area contributed by atoms with Gasteiger partial charge in [-0.1, -0.05) is 13.3 Å². The van der Waals surface area contributed by atoms with Crippen molar-refractivity contribution in [1.29, 1.82) is 0 Å². The molecule has 0 bridgehead atoms. The Bertz CT molecular complexity index is 793. The number of amides is 1. The highest BCUT2D eigenvalue weighted by atomic mass is 16.5. The summed E-state index contributed by atoms with van der Waals surface area (Å²) in [5.74, 6) is 0.787. The van der Waals surface area contributed by atoms with Crippen LogP contribution >= 0.6 is 0 Å². The number of hydrogen-bond acceptors (Lipinski definition) is 4. The largest absolute Gasteiger partial charge is 0.494 e. The normalized spacial score (nSPS) is 16.3. The first-order valence-corrected chi connectivity index (χ1v) is 10.5. The van der Waals surface area contributed by atoms with Gasteiger partial charge in [-0.2, -0.15) is 0 Å². The molecule has 158 valence electrons. The summed E-state index contributed by atoms with van der Waals surface area (Å²) in [7, 11) is 6.10. The minimum absolute atomic E-state index is 0. The highest BCUT2D eigenvalue weighted by molar-refractivity contribution is 6.05. The zero-order valence-electron chi connectivity index (χ0n) is 18.1. The van der Waals surface area contributed by atoms with Crippen LogP contribution in [0.15, 0.2) is 48.5 Å². The molecule has 1 fully saturated rings. The SMILES string of the molecule is CCCCOc1ccc(C(=O)N(C)c2ccc(N3CCC(N(C)C)C3)cc2)cc1.[HH]. The van der Waals surface area contributed by atoms with Gasteiger partial charge in [0.15, 0.2) is 0 Å². The van der Waals surface area contributed by atoms with Crippen LogP contribution in [0.1, 0.15) is 38.0 Å². The Morgan fingerprint density at radius 3 is 2.38 bits per heavy atom. The zero-order chi connectivity index (χ0) is 20.8. The first-order valence-electron chi connectivity index (χ1n) is 10.5. The fourth-order valence-corrected chi connectivity index (χ4v) is 3.62. The van der Waals surface area contributed by atoms with Crippen LogP contribution in [0, 0.1) is 0 Å². The van der Waals surface area contributed by atoms with Crippen LogP contribution in [0.5, 0.6) is 5.75 Å². The maximum Gasteiger partial charge on any atom is 0.258 e. The second-order valence-electron chi connectivity index (χ2n) is 7.96. The first-order chi connectivity index (χ1) is 14.0. The molecule has 1 atom stereocenters. The van der Waals surface area contributed by atoms with E-state index in [1.54, 1.807) is 4.90 Å².